The zero-order chi connectivity index (χ0) is 27.8. The minimum absolute atomic E-state index is 0.164. The van der Waals surface area contributed by atoms with Gasteiger partial charge in [-0.25, -0.2) is 4.98 Å². The van der Waals surface area contributed by atoms with Gasteiger partial charge in [0.1, 0.15) is 23.0 Å². The molecule has 1 aliphatic heterocycles. The summed E-state index contributed by atoms with van der Waals surface area (Å²) in [4.78, 5) is 23.2. The van der Waals surface area contributed by atoms with Gasteiger partial charge in [-0.15, -0.1) is 0 Å². The Morgan fingerprint density at radius 3 is 2.60 bits per heavy atom. The molecule has 1 saturated carbocycles. The van der Waals surface area contributed by atoms with Crippen molar-refractivity contribution in [2.45, 2.75) is 37.6 Å². The molecule has 1 N–H and O–H groups in total. The summed E-state index contributed by atoms with van der Waals surface area (Å²) < 4.78 is 17.5. The average molecular weight is 538 g/mol. The monoisotopic (exact) mass is 537 g/mol. The fraction of sp³-hybridized carbons (Fsp3) is 0.355. The molecule has 1 aliphatic carbocycles. The van der Waals surface area contributed by atoms with Crippen molar-refractivity contribution >= 4 is 22.7 Å². The number of amides is 1. The van der Waals surface area contributed by atoms with Gasteiger partial charge in [0.05, 0.1) is 23.9 Å². The highest BCUT2D eigenvalue weighted by Gasteiger charge is 2.30. The Balaban J connectivity index is 1.43. The number of furan rings is 1. The van der Waals surface area contributed by atoms with E-state index in [1.807, 2.05) is 30.5 Å². The van der Waals surface area contributed by atoms with Crippen LogP contribution in [0.4, 0.5) is 5.69 Å². The van der Waals surface area contributed by atoms with Gasteiger partial charge in [0.25, 0.3) is 5.91 Å². The molecule has 2 aliphatic rings. The summed E-state index contributed by atoms with van der Waals surface area (Å²) in [6, 6.07) is 12.2. The van der Waals surface area contributed by atoms with E-state index in [2.05, 4.69) is 16.4 Å². The molecule has 40 heavy (non-hydrogen) atoms. The number of nitrogens with one attached hydrogen (secondary N) is 1. The number of hydrogen-bond donors (Lipinski definition) is 1. The van der Waals surface area contributed by atoms with Crippen LogP contribution in [0.3, 0.4) is 0 Å². The number of rotatable bonds is 7. The smallest absolute Gasteiger partial charge is 0.255 e. The van der Waals surface area contributed by atoms with Crippen molar-refractivity contribution in [2.75, 3.05) is 39.7 Å². The third kappa shape index (κ3) is 4.87. The number of methoxy groups -OCH3 is 1. The molecule has 3 aromatic heterocycles. The zero-order valence-electron chi connectivity index (χ0n) is 22.9. The molecule has 9 nitrogen and oxygen atoms in total. The molecule has 9 heteroatoms. The number of nitrogens with zero attached hydrogens (tertiary/aromatic N) is 4. The van der Waals surface area contributed by atoms with Crippen LogP contribution in [-0.2, 0) is 4.74 Å². The highest BCUT2D eigenvalue weighted by molar-refractivity contribution is 5.96. The predicted octanol–water partition coefficient (Wildman–Crippen LogP) is 5.61. The lowest BCUT2D eigenvalue weighted by Gasteiger charge is -2.24. The second-order valence-corrected chi connectivity index (χ2v) is 10.6. The van der Waals surface area contributed by atoms with E-state index in [4.69, 9.17) is 18.9 Å². The summed E-state index contributed by atoms with van der Waals surface area (Å²) in [5.74, 6) is 1.18. The van der Waals surface area contributed by atoms with Crippen molar-refractivity contribution in [3.8, 4) is 34.4 Å². The number of fused-ring (bicyclic) bond motifs is 1. The fourth-order valence-corrected chi connectivity index (χ4v) is 5.25. The normalized spacial score (nSPS) is 15.6. The van der Waals surface area contributed by atoms with E-state index in [1.54, 1.807) is 27.3 Å². The lowest BCUT2D eigenvalue weighted by molar-refractivity contribution is 0.0826. The summed E-state index contributed by atoms with van der Waals surface area (Å²) in [5, 5.41) is 13.6. The third-order valence-electron chi connectivity index (χ3n) is 7.56. The predicted molar refractivity (Wildman–Crippen MR) is 151 cm³/mol. The van der Waals surface area contributed by atoms with E-state index in [0.29, 0.717) is 45.3 Å². The molecular weight excluding hydrogens is 506 g/mol. The number of hydrogen-bond acceptors (Lipinski definition) is 8. The number of carbonyl (C=O) groups excluding carboxylic acids is 1. The van der Waals surface area contributed by atoms with E-state index >= 15 is 0 Å². The Hall–Kier alpha value is -4.42. The maximum absolute atomic E-state index is 12.5. The van der Waals surface area contributed by atoms with Gasteiger partial charge in [-0.3, -0.25) is 9.78 Å². The van der Waals surface area contributed by atoms with Crippen LogP contribution in [-0.4, -0.2) is 61.2 Å². The third-order valence-corrected chi connectivity index (χ3v) is 7.56. The van der Waals surface area contributed by atoms with Gasteiger partial charge in [0, 0.05) is 57.4 Å². The van der Waals surface area contributed by atoms with Crippen molar-refractivity contribution < 1.29 is 18.7 Å². The van der Waals surface area contributed by atoms with Crippen LogP contribution in [0.2, 0.25) is 0 Å². The molecule has 204 valence electrons. The van der Waals surface area contributed by atoms with Gasteiger partial charge >= 0.3 is 0 Å². The molecule has 1 aromatic carbocycles. The largest absolute Gasteiger partial charge is 0.494 e. The molecule has 1 saturated heterocycles. The van der Waals surface area contributed by atoms with Crippen LogP contribution in [0.1, 0.15) is 53.1 Å². The van der Waals surface area contributed by atoms with E-state index in [-0.39, 0.29) is 11.9 Å². The van der Waals surface area contributed by atoms with Crippen LogP contribution in [0, 0.1) is 11.3 Å². The molecule has 0 bridgehead atoms. The fourth-order valence-electron chi connectivity index (χ4n) is 5.25. The number of anilines is 1. The highest BCUT2D eigenvalue weighted by atomic mass is 16.5. The summed E-state index contributed by atoms with van der Waals surface area (Å²) in [6.07, 6.45) is 7.48. The van der Waals surface area contributed by atoms with Crippen molar-refractivity contribution in [3.05, 3.63) is 59.4 Å². The van der Waals surface area contributed by atoms with E-state index < -0.39 is 0 Å². The Labute approximate surface area is 232 Å². The van der Waals surface area contributed by atoms with Crippen LogP contribution < -0.4 is 10.1 Å². The minimum Gasteiger partial charge on any atom is -0.494 e. The Morgan fingerprint density at radius 2 is 1.90 bits per heavy atom. The number of aromatic nitrogens is 2. The van der Waals surface area contributed by atoms with Crippen molar-refractivity contribution in [1.82, 2.24) is 14.9 Å². The summed E-state index contributed by atoms with van der Waals surface area (Å²) in [7, 11) is 4.93. The Morgan fingerprint density at radius 1 is 1.10 bits per heavy atom. The van der Waals surface area contributed by atoms with Gasteiger partial charge in [-0.1, -0.05) is 6.07 Å². The van der Waals surface area contributed by atoms with Crippen molar-refractivity contribution in [3.63, 3.8) is 0 Å². The minimum atomic E-state index is -0.164. The van der Waals surface area contributed by atoms with Gasteiger partial charge in [0.2, 0.25) is 0 Å². The molecule has 6 rings (SSSR count). The first-order chi connectivity index (χ1) is 19.5. The summed E-state index contributed by atoms with van der Waals surface area (Å²) >= 11 is 0. The van der Waals surface area contributed by atoms with Gasteiger partial charge in [-0.05, 0) is 60.9 Å². The first-order valence-corrected chi connectivity index (χ1v) is 13.5. The maximum atomic E-state index is 12.5. The Bertz CT molecular complexity index is 1630. The summed E-state index contributed by atoms with van der Waals surface area (Å²) in [6.45, 7) is 1.46. The molecule has 4 heterocycles. The van der Waals surface area contributed by atoms with Crippen LogP contribution in [0.15, 0.2) is 47.1 Å². The van der Waals surface area contributed by atoms with Gasteiger partial charge in [0.15, 0.2) is 11.3 Å². The van der Waals surface area contributed by atoms with E-state index in [9.17, 15) is 10.1 Å². The molecule has 0 atom stereocenters. The topological polar surface area (TPSA) is 114 Å². The highest BCUT2D eigenvalue weighted by Crippen LogP contribution is 2.48. The quantitative estimate of drug-likeness (QED) is 0.324. The standard InChI is InChI=1S/C31H31N5O4/c1-36(2)31(37)21-13-26(38-3)29(34-16-21)27-14-25-30(40-27)28(23(17-33-25)18-4-5-18)19-6-7-24(20(12-19)15-32)35-22-8-10-39-11-9-22/h6-7,12-14,16-18,22,35H,4-5,8-11H2,1-3H3. The first-order valence-electron chi connectivity index (χ1n) is 13.5. The van der Waals surface area contributed by atoms with Crippen LogP contribution >= 0.6 is 0 Å². The second kappa shape index (κ2) is 10.6. The Kier molecular flexibility index (Phi) is 6.86. The molecule has 0 spiro atoms. The van der Waals surface area contributed by atoms with Gasteiger partial charge in [-0.2, -0.15) is 5.26 Å². The van der Waals surface area contributed by atoms with Crippen molar-refractivity contribution in [1.29, 1.82) is 5.26 Å². The number of pyridine rings is 2. The molecule has 1 amide bonds. The lowest BCUT2D eigenvalue weighted by Crippen LogP contribution is -2.28. The average Bonchev–Trinajstić information content (AvgIpc) is 3.74. The first kappa shape index (κ1) is 25.8. The number of carbonyl (C=O) groups is 1. The zero-order valence-corrected chi connectivity index (χ0v) is 22.9. The second-order valence-electron chi connectivity index (χ2n) is 10.6. The van der Waals surface area contributed by atoms with E-state index in [0.717, 1.165) is 61.3 Å². The summed E-state index contributed by atoms with van der Waals surface area (Å²) in [5.41, 5.74) is 6.65. The lowest BCUT2D eigenvalue weighted by atomic mass is 9.95. The molecular formula is C31H31N5O4. The molecule has 2 fully saturated rings. The maximum Gasteiger partial charge on any atom is 0.255 e. The SMILES string of the molecule is COc1cc(C(=O)N(C)C)cnc1-c1cc2ncc(C3CC3)c(-c3ccc(NC4CCOCC4)c(C#N)c3)c2o1. The van der Waals surface area contributed by atoms with Crippen LogP contribution in [0.25, 0.3) is 33.7 Å². The van der Waals surface area contributed by atoms with Crippen molar-refractivity contribution in [2.24, 2.45) is 0 Å². The molecule has 0 unspecified atom stereocenters. The number of nitriles is 1. The molecule has 4 aromatic rings. The van der Waals surface area contributed by atoms with Crippen LogP contribution in [0.5, 0.6) is 5.75 Å². The van der Waals surface area contributed by atoms with Gasteiger partial charge < -0.3 is 24.1 Å². The number of ether oxygens (including phenoxy) is 2. The van der Waals surface area contributed by atoms with E-state index in [1.165, 1.54) is 11.1 Å². The number of benzene rings is 1. The molecule has 0 radical (unpaired) electrons.